The molecule has 1 fully saturated rings. The maximum Gasteiger partial charge on any atom is 0.234 e. The van der Waals surface area contributed by atoms with Gasteiger partial charge in [0, 0.05) is 36.2 Å². The Bertz CT molecular complexity index is 621. The zero-order valence-electron chi connectivity index (χ0n) is 13.9. The molecular weight excluding hydrogens is 406 g/mol. The SMILES string of the molecule is O=C(CSCC(=O)Nc1cccc(Br)c1)NCCC(=O)N1CCCC1. The van der Waals surface area contributed by atoms with Crippen LogP contribution in [0.3, 0.4) is 0 Å². The maximum atomic E-state index is 11.8. The molecule has 1 aromatic carbocycles. The number of halogens is 1. The van der Waals surface area contributed by atoms with Crippen molar-refractivity contribution in [3.63, 3.8) is 0 Å². The molecular formula is C17H22BrN3O3S. The number of likely N-dealkylation sites (tertiary alicyclic amines) is 1. The van der Waals surface area contributed by atoms with E-state index in [-0.39, 0.29) is 29.2 Å². The van der Waals surface area contributed by atoms with Gasteiger partial charge < -0.3 is 15.5 Å². The van der Waals surface area contributed by atoms with Gasteiger partial charge in [0.05, 0.1) is 11.5 Å². The Balaban J connectivity index is 1.55. The summed E-state index contributed by atoms with van der Waals surface area (Å²) in [7, 11) is 0. The first kappa shape index (κ1) is 19.8. The average Bonchev–Trinajstić information content (AvgIpc) is 3.09. The molecule has 1 aromatic rings. The largest absolute Gasteiger partial charge is 0.355 e. The van der Waals surface area contributed by atoms with Crippen LogP contribution in [0.2, 0.25) is 0 Å². The predicted octanol–water partition coefficient (Wildman–Crippen LogP) is 2.25. The van der Waals surface area contributed by atoms with Crippen molar-refractivity contribution in [2.75, 3.05) is 36.5 Å². The van der Waals surface area contributed by atoms with E-state index in [4.69, 9.17) is 0 Å². The van der Waals surface area contributed by atoms with Gasteiger partial charge in [0.25, 0.3) is 0 Å². The van der Waals surface area contributed by atoms with Crippen molar-refractivity contribution in [1.82, 2.24) is 10.2 Å². The summed E-state index contributed by atoms with van der Waals surface area (Å²) in [5.74, 6) is 0.185. The monoisotopic (exact) mass is 427 g/mol. The summed E-state index contributed by atoms with van der Waals surface area (Å²) in [6, 6.07) is 7.33. The van der Waals surface area contributed by atoms with Crippen LogP contribution in [0.5, 0.6) is 0 Å². The average molecular weight is 428 g/mol. The van der Waals surface area contributed by atoms with Crippen molar-refractivity contribution in [2.24, 2.45) is 0 Å². The lowest BCUT2D eigenvalue weighted by Gasteiger charge is -2.15. The Labute approximate surface area is 160 Å². The van der Waals surface area contributed by atoms with Gasteiger partial charge in [-0.15, -0.1) is 11.8 Å². The summed E-state index contributed by atoms with van der Waals surface area (Å²) < 4.78 is 0.890. The van der Waals surface area contributed by atoms with Crippen LogP contribution in [0.25, 0.3) is 0 Å². The quantitative estimate of drug-likeness (QED) is 0.666. The van der Waals surface area contributed by atoms with Gasteiger partial charge >= 0.3 is 0 Å². The van der Waals surface area contributed by atoms with Crippen LogP contribution in [0.4, 0.5) is 5.69 Å². The molecule has 0 unspecified atom stereocenters. The molecule has 1 aliphatic rings. The number of hydrogen-bond donors (Lipinski definition) is 2. The van der Waals surface area contributed by atoms with Crippen molar-refractivity contribution < 1.29 is 14.4 Å². The number of hydrogen-bond acceptors (Lipinski definition) is 4. The zero-order chi connectivity index (χ0) is 18.1. The van der Waals surface area contributed by atoms with E-state index in [0.29, 0.717) is 18.7 Å². The van der Waals surface area contributed by atoms with E-state index in [1.54, 1.807) is 6.07 Å². The topological polar surface area (TPSA) is 78.5 Å². The molecule has 0 aromatic heterocycles. The third-order valence-electron chi connectivity index (χ3n) is 3.69. The Morgan fingerprint density at radius 1 is 1.12 bits per heavy atom. The molecule has 0 aliphatic carbocycles. The molecule has 0 bridgehead atoms. The van der Waals surface area contributed by atoms with E-state index in [0.717, 1.165) is 30.4 Å². The van der Waals surface area contributed by atoms with E-state index in [1.165, 1.54) is 11.8 Å². The van der Waals surface area contributed by atoms with E-state index < -0.39 is 0 Å². The maximum absolute atomic E-state index is 11.8. The molecule has 6 nitrogen and oxygen atoms in total. The summed E-state index contributed by atoms with van der Waals surface area (Å²) in [4.78, 5) is 37.2. The van der Waals surface area contributed by atoms with Gasteiger partial charge in [0.1, 0.15) is 0 Å². The fourth-order valence-electron chi connectivity index (χ4n) is 2.48. The number of carbonyl (C=O) groups is 3. The van der Waals surface area contributed by atoms with Gasteiger partial charge in [-0.25, -0.2) is 0 Å². The van der Waals surface area contributed by atoms with Gasteiger partial charge in [-0.2, -0.15) is 0 Å². The predicted molar refractivity (Wildman–Crippen MR) is 104 cm³/mol. The van der Waals surface area contributed by atoms with Crippen LogP contribution < -0.4 is 10.6 Å². The first-order valence-electron chi connectivity index (χ1n) is 8.22. The number of anilines is 1. The summed E-state index contributed by atoms with van der Waals surface area (Å²) in [5.41, 5.74) is 0.713. The third kappa shape index (κ3) is 7.48. The molecule has 2 N–H and O–H groups in total. The normalized spacial score (nSPS) is 13.6. The standard InChI is InChI=1S/C17H22BrN3O3S/c18-13-4-3-5-14(10-13)20-16(23)12-25-11-15(22)19-7-6-17(24)21-8-1-2-9-21/h3-5,10H,1-2,6-9,11-12H2,(H,19,22)(H,20,23). The lowest BCUT2D eigenvalue weighted by molar-refractivity contribution is -0.130. The smallest absolute Gasteiger partial charge is 0.234 e. The van der Waals surface area contributed by atoms with Crippen molar-refractivity contribution in [3.05, 3.63) is 28.7 Å². The number of carbonyl (C=O) groups excluding carboxylic acids is 3. The second-order valence-corrected chi connectivity index (χ2v) is 7.64. The van der Waals surface area contributed by atoms with Crippen molar-refractivity contribution in [3.8, 4) is 0 Å². The van der Waals surface area contributed by atoms with Crippen LogP contribution in [0.15, 0.2) is 28.7 Å². The highest BCUT2D eigenvalue weighted by Crippen LogP contribution is 2.16. The van der Waals surface area contributed by atoms with Crippen LogP contribution in [0.1, 0.15) is 19.3 Å². The minimum Gasteiger partial charge on any atom is -0.355 e. The number of benzene rings is 1. The number of rotatable bonds is 8. The molecule has 1 heterocycles. The molecule has 25 heavy (non-hydrogen) atoms. The lowest BCUT2D eigenvalue weighted by Crippen LogP contribution is -2.33. The van der Waals surface area contributed by atoms with Crippen LogP contribution in [-0.4, -0.2) is 53.8 Å². The zero-order valence-corrected chi connectivity index (χ0v) is 16.3. The lowest BCUT2D eigenvalue weighted by atomic mass is 10.3. The number of amides is 3. The first-order valence-corrected chi connectivity index (χ1v) is 10.2. The third-order valence-corrected chi connectivity index (χ3v) is 5.12. The molecule has 0 saturated carbocycles. The molecule has 136 valence electrons. The molecule has 8 heteroatoms. The van der Waals surface area contributed by atoms with E-state index >= 15 is 0 Å². The van der Waals surface area contributed by atoms with Crippen molar-refractivity contribution in [2.45, 2.75) is 19.3 Å². The molecule has 3 amide bonds. The fraction of sp³-hybridized carbons (Fsp3) is 0.471. The Morgan fingerprint density at radius 3 is 2.56 bits per heavy atom. The van der Waals surface area contributed by atoms with Gasteiger partial charge in [-0.1, -0.05) is 22.0 Å². The first-order chi connectivity index (χ1) is 12.0. The Morgan fingerprint density at radius 2 is 1.84 bits per heavy atom. The van der Waals surface area contributed by atoms with E-state index in [1.807, 2.05) is 23.1 Å². The minimum atomic E-state index is -0.158. The second-order valence-electron chi connectivity index (χ2n) is 5.74. The molecule has 0 spiro atoms. The van der Waals surface area contributed by atoms with Crippen LogP contribution >= 0.6 is 27.7 Å². The van der Waals surface area contributed by atoms with Crippen molar-refractivity contribution >= 4 is 51.1 Å². The highest BCUT2D eigenvalue weighted by Gasteiger charge is 2.17. The fourth-order valence-corrected chi connectivity index (χ4v) is 3.53. The number of nitrogens with zero attached hydrogens (tertiary/aromatic N) is 1. The van der Waals surface area contributed by atoms with Gasteiger partial charge in [0.15, 0.2) is 0 Å². The Kier molecular flexibility index (Phi) is 8.27. The summed E-state index contributed by atoms with van der Waals surface area (Å²) in [5, 5.41) is 5.50. The van der Waals surface area contributed by atoms with Gasteiger partial charge in [0.2, 0.25) is 17.7 Å². The summed E-state index contributed by atoms with van der Waals surface area (Å²) >= 11 is 4.59. The molecule has 1 aliphatic heterocycles. The summed E-state index contributed by atoms with van der Waals surface area (Å²) in [6.45, 7) is 2.00. The second kappa shape index (κ2) is 10.5. The van der Waals surface area contributed by atoms with Gasteiger partial charge in [-0.05, 0) is 31.0 Å². The van der Waals surface area contributed by atoms with Crippen molar-refractivity contribution in [1.29, 1.82) is 0 Å². The van der Waals surface area contributed by atoms with E-state index in [2.05, 4.69) is 26.6 Å². The van der Waals surface area contributed by atoms with Crippen LogP contribution in [0, 0.1) is 0 Å². The van der Waals surface area contributed by atoms with E-state index in [9.17, 15) is 14.4 Å². The highest BCUT2D eigenvalue weighted by molar-refractivity contribution is 9.10. The highest BCUT2D eigenvalue weighted by atomic mass is 79.9. The Hall–Kier alpha value is -1.54. The van der Waals surface area contributed by atoms with Gasteiger partial charge in [-0.3, -0.25) is 14.4 Å². The summed E-state index contributed by atoms with van der Waals surface area (Å²) in [6.07, 6.45) is 2.47. The molecule has 0 radical (unpaired) electrons. The molecule has 2 rings (SSSR count). The number of thioether (sulfide) groups is 1. The molecule has 1 saturated heterocycles. The minimum absolute atomic E-state index is 0.0962. The number of nitrogens with one attached hydrogen (secondary N) is 2. The molecule has 0 atom stereocenters. The van der Waals surface area contributed by atoms with Crippen LogP contribution in [-0.2, 0) is 14.4 Å².